The smallest absolute Gasteiger partial charge is 0.305 e. The summed E-state index contributed by atoms with van der Waals surface area (Å²) in [5.41, 5.74) is 0. The van der Waals surface area contributed by atoms with Gasteiger partial charge in [0.05, 0.1) is 18.8 Å². The zero-order valence-electron chi connectivity index (χ0n) is 12.0. The van der Waals surface area contributed by atoms with Gasteiger partial charge in [0.1, 0.15) is 0 Å². The fourth-order valence-electron chi connectivity index (χ4n) is 2.48. The third-order valence-electron chi connectivity index (χ3n) is 3.16. The van der Waals surface area contributed by atoms with Crippen molar-refractivity contribution in [2.75, 3.05) is 26.2 Å². The van der Waals surface area contributed by atoms with Crippen LogP contribution in [0.4, 0.5) is 0 Å². The van der Waals surface area contributed by atoms with Gasteiger partial charge in [0.2, 0.25) is 0 Å². The maximum atomic E-state index is 11.1. The average Bonchev–Trinajstić information content (AvgIpc) is 2.27. The first kappa shape index (κ1) is 15.4. The van der Waals surface area contributed by atoms with Gasteiger partial charge in [0.15, 0.2) is 0 Å². The summed E-state index contributed by atoms with van der Waals surface area (Å²) >= 11 is 0. The molecule has 0 unspecified atom stereocenters. The largest absolute Gasteiger partial charge is 0.466 e. The first-order valence-electron chi connectivity index (χ1n) is 7.15. The minimum Gasteiger partial charge on any atom is -0.466 e. The number of hydrogen-bond acceptors (Lipinski definition) is 4. The first-order valence-corrected chi connectivity index (χ1v) is 7.15. The number of unbranched alkanes of at least 4 members (excludes halogenated alkanes) is 2. The van der Waals surface area contributed by atoms with Crippen molar-refractivity contribution >= 4 is 5.97 Å². The molecule has 1 aliphatic rings. The lowest BCUT2D eigenvalue weighted by atomic mass is 10.1. The average molecular weight is 257 g/mol. The molecular weight excluding hydrogens is 230 g/mol. The Morgan fingerprint density at radius 2 is 1.89 bits per heavy atom. The molecule has 0 radical (unpaired) electrons. The molecule has 4 heteroatoms. The van der Waals surface area contributed by atoms with E-state index in [2.05, 4.69) is 18.7 Å². The highest BCUT2D eigenvalue weighted by Crippen LogP contribution is 2.12. The summed E-state index contributed by atoms with van der Waals surface area (Å²) in [7, 11) is 0. The number of hydrogen-bond donors (Lipinski definition) is 0. The molecule has 0 amide bonds. The maximum absolute atomic E-state index is 11.1. The van der Waals surface area contributed by atoms with Crippen LogP contribution in [0.2, 0.25) is 0 Å². The van der Waals surface area contributed by atoms with Gasteiger partial charge >= 0.3 is 5.97 Å². The van der Waals surface area contributed by atoms with E-state index in [4.69, 9.17) is 9.47 Å². The fourth-order valence-corrected chi connectivity index (χ4v) is 2.48. The summed E-state index contributed by atoms with van der Waals surface area (Å²) in [5, 5.41) is 0. The summed E-state index contributed by atoms with van der Waals surface area (Å²) in [5.74, 6) is -0.0638. The number of morpholine rings is 1. The standard InChI is InChI=1S/C14H27NO3/c1-4-17-14(16)8-6-5-7-9-15-10-12(2)18-13(3)11-15/h12-13H,4-11H2,1-3H3/t12-,13+. The Hall–Kier alpha value is -0.610. The lowest BCUT2D eigenvalue weighted by Gasteiger charge is -2.35. The summed E-state index contributed by atoms with van der Waals surface area (Å²) in [4.78, 5) is 13.6. The number of esters is 1. The van der Waals surface area contributed by atoms with Crippen molar-refractivity contribution in [3.8, 4) is 0 Å². The number of rotatable bonds is 7. The Morgan fingerprint density at radius 3 is 2.50 bits per heavy atom. The van der Waals surface area contributed by atoms with Crippen LogP contribution in [0.15, 0.2) is 0 Å². The highest BCUT2D eigenvalue weighted by Gasteiger charge is 2.21. The quantitative estimate of drug-likeness (QED) is 0.518. The molecule has 0 bridgehead atoms. The minimum atomic E-state index is -0.0638. The second kappa shape index (κ2) is 8.48. The van der Waals surface area contributed by atoms with Crippen LogP contribution < -0.4 is 0 Å². The van der Waals surface area contributed by atoms with Crippen molar-refractivity contribution < 1.29 is 14.3 Å². The molecule has 0 aliphatic carbocycles. The van der Waals surface area contributed by atoms with Crippen molar-refractivity contribution in [3.05, 3.63) is 0 Å². The van der Waals surface area contributed by atoms with Crippen LogP contribution >= 0.6 is 0 Å². The van der Waals surface area contributed by atoms with Crippen LogP contribution in [0, 0.1) is 0 Å². The van der Waals surface area contributed by atoms with E-state index in [1.807, 2.05) is 6.92 Å². The zero-order valence-corrected chi connectivity index (χ0v) is 12.0. The van der Waals surface area contributed by atoms with E-state index in [1.54, 1.807) is 0 Å². The molecule has 0 aromatic carbocycles. The zero-order chi connectivity index (χ0) is 13.4. The predicted octanol–water partition coefficient (Wildman–Crippen LogP) is 2.22. The molecule has 0 aromatic rings. The fraction of sp³-hybridized carbons (Fsp3) is 0.929. The normalized spacial score (nSPS) is 25.1. The van der Waals surface area contributed by atoms with Crippen molar-refractivity contribution in [2.24, 2.45) is 0 Å². The number of nitrogens with zero attached hydrogens (tertiary/aromatic N) is 1. The van der Waals surface area contributed by atoms with Gasteiger partial charge in [-0.1, -0.05) is 6.42 Å². The number of ether oxygens (including phenoxy) is 2. The van der Waals surface area contributed by atoms with Gasteiger partial charge in [-0.3, -0.25) is 9.69 Å². The summed E-state index contributed by atoms with van der Waals surface area (Å²) in [6.07, 6.45) is 4.43. The molecule has 1 aliphatic heterocycles. The lowest BCUT2D eigenvalue weighted by molar-refractivity contribution is -0.143. The molecule has 2 atom stereocenters. The van der Waals surface area contributed by atoms with E-state index in [0.29, 0.717) is 25.2 Å². The van der Waals surface area contributed by atoms with E-state index >= 15 is 0 Å². The van der Waals surface area contributed by atoms with Crippen LogP contribution in [0.3, 0.4) is 0 Å². The van der Waals surface area contributed by atoms with Gasteiger partial charge < -0.3 is 9.47 Å². The van der Waals surface area contributed by atoms with Gasteiger partial charge in [-0.25, -0.2) is 0 Å². The SMILES string of the molecule is CCOC(=O)CCCCCN1C[C@@H](C)O[C@@H](C)C1. The molecule has 1 fully saturated rings. The lowest BCUT2D eigenvalue weighted by Crippen LogP contribution is -2.45. The molecule has 1 saturated heterocycles. The van der Waals surface area contributed by atoms with Gasteiger partial charge in [0, 0.05) is 19.5 Å². The van der Waals surface area contributed by atoms with Crippen LogP contribution in [0.25, 0.3) is 0 Å². The third-order valence-corrected chi connectivity index (χ3v) is 3.16. The van der Waals surface area contributed by atoms with E-state index < -0.39 is 0 Å². The van der Waals surface area contributed by atoms with Crippen molar-refractivity contribution in [2.45, 2.75) is 58.7 Å². The van der Waals surface area contributed by atoms with E-state index in [1.165, 1.54) is 0 Å². The topological polar surface area (TPSA) is 38.8 Å². The molecule has 18 heavy (non-hydrogen) atoms. The van der Waals surface area contributed by atoms with Crippen LogP contribution in [0.5, 0.6) is 0 Å². The van der Waals surface area contributed by atoms with Crippen LogP contribution in [0.1, 0.15) is 46.5 Å². The number of carbonyl (C=O) groups is 1. The van der Waals surface area contributed by atoms with E-state index in [9.17, 15) is 4.79 Å². The maximum Gasteiger partial charge on any atom is 0.305 e. The second-order valence-electron chi connectivity index (χ2n) is 5.13. The minimum absolute atomic E-state index is 0.0638. The van der Waals surface area contributed by atoms with E-state index in [0.717, 1.165) is 38.9 Å². The Balaban J connectivity index is 2.02. The summed E-state index contributed by atoms with van der Waals surface area (Å²) < 4.78 is 10.6. The molecule has 0 saturated carbocycles. The second-order valence-corrected chi connectivity index (χ2v) is 5.13. The predicted molar refractivity (Wildman–Crippen MR) is 71.6 cm³/mol. The molecule has 0 N–H and O–H groups in total. The molecule has 4 nitrogen and oxygen atoms in total. The van der Waals surface area contributed by atoms with Crippen molar-refractivity contribution in [1.82, 2.24) is 4.90 Å². The molecule has 0 aromatic heterocycles. The Morgan fingerprint density at radius 1 is 1.22 bits per heavy atom. The Labute approximate surface area is 111 Å². The van der Waals surface area contributed by atoms with Crippen molar-refractivity contribution in [1.29, 1.82) is 0 Å². The van der Waals surface area contributed by atoms with Crippen LogP contribution in [-0.4, -0.2) is 49.3 Å². The van der Waals surface area contributed by atoms with Gasteiger partial charge in [-0.05, 0) is 40.2 Å². The monoisotopic (exact) mass is 257 g/mol. The van der Waals surface area contributed by atoms with Gasteiger partial charge in [-0.15, -0.1) is 0 Å². The third kappa shape index (κ3) is 6.36. The van der Waals surface area contributed by atoms with Crippen LogP contribution in [-0.2, 0) is 14.3 Å². The van der Waals surface area contributed by atoms with E-state index in [-0.39, 0.29) is 5.97 Å². The van der Waals surface area contributed by atoms with Crippen molar-refractivity contribution in [3.63, 3.8) is 0 Å². The van der Waals surface area contributed by atoms with Gasteiger partial charge in [-0.2, -0.15) is 0 Å². The Kier molecular flexibility index (Phi) is 7.28. The number of carbonyl (C=O) groups excluding carboxylic acids is 1. The Bertz CT molecular complexity index is 235. The summed E-state index contributed by atoms with van der Waals surface area (Å²) in [6, 6.07) is 0. The first-order chi connectivity index (χ1) is 8.61. The highest BCUT2D eigenvalue weighted by molar-refractivity contribution is 5.69. The summed E-state index contributed by atoms with van der Waals surface area (Å²) in [6.45, 7) is 9.76. The molecule has 1 heterocycles. The highest BCUT2D eigenvalue weighted by atomic mass is 16.5. The molecule has 0 spiro atoms. The molecule has 1 rings (SSSR count). The molecule has 106 valence electrons. The molecular formula is C14H27NO3. The van der Waals surface area contributed by atoms with Gasteiger partial charge in [0.25, 0.3) is 0 Å².